The van der Waals surface area contributed by atoms with Crippen molar-refractivity contribution >= 4 is 11.8 Å². The Morgan fingerprint density at radius 2 is 2.04 bits per heavy atom. The van der Waals surface area contributed by atoms with Crippen LogP contribution in [0.2, 0.25) is 0 Å². The minimum Gasteiger partial charge on any atom is -0.502 e. The number of hydrogen-bond acceptors (Lipinski definition) is 5. The Kier molecular flexibility index (Phi) is 5.04. The molecule has 3 rings (SSSR count). The number of carbonyl (C=O) groups is 2. The summed E-state index contributed by atoms with van der Waals surface area (Å²) in [6.45, 7) is 3.38. The van der Waals surface area contributed by atoms with E-state index in [9.17, 15) is 28.3 Å². The highest BCUT2D eigenvalue weighted by atomic mass is 19.1. The van der Waals surface area contributed by atoms with E-state index in [-0.39, 0.29) is 30.5 Å². The Balaban J connectivity index is 1.87. The molecule has 0 saturated carbocycles. The summed E-state index contributed by atoms with van der Waals surface area (Å²) in [5.74, 6) is -3.88. The zero-order chi connectivity index (χ0) is 20.6. The van der Waals surface area contributed by atoms with E-state index in [1.54, 1.807) is 13.8 Å². The van der Waals surface area contributed by atoms with Crippen molar-refractivity contribution in [2.75, 3.05) is 12.1 Å². The average molecular weight is 392 g/mol. The lowest BCUT2D eigenvalue weighted by Crippen LogP contribution is -2.49. The van der Waals surface area contributed by atoms with Gasteiger partial charge in [-0.2, -0.15) is 0 Å². The fourth-order valence-corrected chi connectivity index (χ4v) is 2.81. The van der Waals surface area contributed by atoms with Gasteiger partial charge in [0.05, 0.1) is 0 Å². The molecule has 0 atom stereocenters. The number of aromatic nitrogens is 1. The molecule has 28 heavy (non-hydrogen) atoms. The molecule has 148 valence electrons. The van der Waals surface area contributed by atoms with Gasteiger partial charge in [0.15, 0.2) is 11.4 Å². The summed E-state index contributed by atoms with van der Waals surface area (Å²) in [6, 6.07) is 2.72. The van der Waals surface area contributed by atoms with Crippen LogP contribution in [0.15, 0.2) is 29.2 Å². The summed E-state index contributed by atoms with van der Waals surface area (Å²) in [7, 11) is 0. The molecule has 1 aliphatic heterocycles. The van der Waals surface area contributed by atoms with Crippen molar-refractivity contribution in [3.8, 4) is 5.75 Å². The quantitative estimate of drug-likeness (QED) is 0.724. The number of hydrogen-bond donors (Lipinski definition) is 3. The second-order valence-electron chi connectivity index (χ2n) is 6.54. The molecule has 1 aromatic heterocycles. The molecule has 2 heterocycles. The Morgan fingerprint density at radius 3 is 2.68 bits per heavy atom. The monoisotopic (exact) mass is 392 g/mol. The summed E-state index contributed by atoms with van der Waals surface area (Å²) < 4.78 is 27.7. The molecule has 0 saturated heterocycles. The van der Waals surface area contributed by atoms with Crippen LogP contribution in [0.5, 0.6) is 5.75 Å². The lowest BCUT2D eigenvalue weighted by atomic mass is 10.1. The number of amides is 2. The highest BCUT2D eigenvalue weighted by Gasteiger charge is 2.31. The maximum Gasteiger partial charge on any atom is 0.278 e. The lowest BCUT2D eigenvalue weighted by molar-refractivity contribution is 0.0669. The fourth-order valence-electron chi connectivity index (χ4n) is 2.81. The normalized spacial score (nSPS) is 13.3. The first kappa shape index (κ1) is 19.3. The molecule has 1 aliphatic rings. The number of nitrogens with zero attached hydrogens (tertiary/aromatic N) is 2. The van der Waals surface area contributed by atoms with Crippen LogP contribution in [0.25, 0.3) is 0 Å². The maximum atomic E-state index is 13.7. The number of rotatable bonds is 4. The number of fused-ring (bicyclic) bond motifs is 1. The average Bonchev–Trinajstić information content (AvgIpc) is 2.63. The van der Waals surface area contributed by atoms with Gasteiger partial charge in [-0.3, -0.25) is 19.1 Å². The first-order valence-corrected chi connectivity index (χ1v) is 8.46. The van der Waals surface area contributed by atoms with Crippen molar-refractivity contribution in [3.05, 3.63) is 63.1 Å². The van der Waals surface area contributed by atoms with Crippen LogP contribution in [0, 0.1) is 11.6 Å². The Labute approximate surface area is 158 Å². The number of nitrogens with one attached hydrogen (secondary N) is 2. The second kappa shape index (κ2) is 7.29. The summed E-state index contributed by atoms with van der Waals surface area (Å²) in [4.78, 5) is 38.6. The van der Waals surface area contributed by atoms with Crippen molar-refractivity contribution < 1.29 is 23.5 Å². The SMILES string of the molecule is CC(C)N1CNn2cc(C(=O)NCc3ccc(F)cc3F)c(=O)c(O)c2C1=O. The molecule has 1 aromatic carbocycles. The van der Waals surface area contributed by atoms with E-state index in [1.165, 1.54) is 11.0 Å². The van der Waals surface area contributed by atoms with Crippen LogP contribution in [-0.4, -0.2) is 39.2 Å². The van der Waals surface area contributed by atoms with Gasteiger partial charge in [0, 0.05) is 30.4 Å². The summed E-state index contributed by atoms with van der Waals surface area (Å²) in [5.41, 5.74) is 1.12. The van der Waals surface area contributed by atoms with E-state index < -0.39 is 40.2 Å². The van der Waals surface area contributed by atoms with Gasteiger partial charge in [0.25, 0.3) is 11.8 Å². The van der Waals surface area contributed by atoms with Crippen molar-refractivity contribution in [2.45, 2.75) is 26.4 Å². The number of carbonyl (C=O) groups excluding carboxylic acids is 2. The third-order valence-corrected chi connectivity index (χ3v) is 4.38. The minimum atomic E-state index is -1.02. The predicted molar refractivity (Wildman–Crippen MR) is 95.4 cm³/mol. The molecule has 2 amide bonds. The zero-order valence-corrected chi connectivity index (χ0v) is 15.1. The maximum absolute atomic E-state index is 13.7. The van der Waals surface area contributed by atoms with Gasteiger partial charge in [-0.25, -0.2) is 8.78 Å². The zero-order valence-electron chi connectivity index (χ0n) is 15.1. The molecule has 10 heteroatoms. The first-order valence-electron chi connectivity index (χ1n) is 8.46. The van der Waals surface area contributed by atoms with E-state index in [1.807, 2.05) is 0 Å². The Morgan fingerprint density at radius 1 is 1.32 bits per heavy atom. The molecular formula is C18H18F2N4O4. The lowest BCUT2D eigenvalue weighted by Gasteiger charge is -2.34. The summed E-state index contributed by atoms with van der Waals surface area (Å²) in [6.07, 6.45) is 1.10. The molecule has 0 radical (unpaired) electrons. The molecule has 0 fully saturated rings. The topological polar surface area (TPSA) is 104 Å². The van der Waals surface area contributed by atoms with Gasteiger partial charge in [-0.05, 0) is 19.9 Å². The van der Waals surface area contributed by atoms with Gasteiger partial charge in [-0.15, -0.1) is 0 Å². The van der Waals surface area contributed by atoms with Crippen molar-refractivity contribution in [1.29, 1.82) is 0 Å². The van der Waals surface area contributed by atoms with Crippen molar-refractivity contribution in [1.82, 2.24) is 14.9 Å². The van der Waals surface area contributed by atoms with Gasteiger partial charge >= 0.3 is 0 Å². The van der Waals surface area contributed by atoms with Gasteiger partial charge in [-0.1, -0.05) is 6.07 Å². The number of halogens is 2. The van der Waals surface area contributed by atoms with Crippen LogP contribution in [-0.2, 0) is 6.54 Å². The molecule has 2 aromatic rings. The van der Waals surface area contributed by atoms with Crippen LogP contribution >= 0.6 is 0 Å². The smallest absolute Gasteiger partial charge is 0.278 e. The Bertz CT molecular complexity index is 1020. The van der Waals surface area contributed by atoms with Crippen molar-refractivity contribution in [2.24, 2.45) is 0 Å². The number of aromatic hydroxyl groups is 1. The van der Waals surface area contributed by atoms with Gasteiger partial charge in [0.1, 0.15) is 23.9 Å². The van der Waals surface area contributed by atoms with Crippen LogP contribution in [0.4, 0.5) is 8.78 Å². The predicted octanol–water partition coefficient (Wildman–Crippen LogP) is 1.13. The second-order valence-corrected chi connectivity index (χ2v) is 6.54. The standard InChI is InChI=1S/C18H18F2N4O4/c1-9(2)23-8-22-24-7-12(15(25)16(26)14(24)18(23)28)17(27)21-6-10-3-4-11(19)5-13(10)20/h3-5,7,9,22,26H,6,8H2,1-2H3,(H,21,27). The molecule has 3 N–H and O–H groups in total. The van der Waals surface area contributed by atoms with Crippen LogP contribution < -0.4 is 16.2 Å². The highest BCUT2D eigenvalue weighted by Crippen LogP contribution is 2.20. The fraction of sp³-hybridized carbons (Fsp3) is 0.278. The third-order valence-electron chi connectivity index (χ3n) is 4.38. The van der Waals surface area contributed by atoms with Crippen molar-refractivity contribution in [3.63, 3.8) is 0 Å². The summed E-state index contributed by atoms with van der Waals surface area (Å²) in [5, 5.41) is 12.5. The molecule has 0 bridgehead atoms. The molecule has 0 unspecified atom stereocenters. The highest BCUT2D eigenvalue weighted by molar-refractivity contribution is 5.99. The Hall–Kier alpha value is -3.43. The third kappa shape index (κ3) is 3.40. The van der Waals surface area contributed by atoms with Gasteiger partial charge in [0.2, 0.25) is 5.43 Å². The largest absolute Gasteiger partial charge is 0.502 e. The van der Waals surface area contributed by atoms with E-state index in [0.29, 0.717) is 6.07 Å². The molecule has 0 spiro atoms. The number of pyridine rings is 1. The van der Waals surface area contributed by atoms with E-state index in [0.717, 1.165) is 16.9 Å². The van der Waals surface area contributed by atoms with E-state index in [4.69, 9.17) is 0 Å². The summed E-state index contributed by atoms with van der Waals surface area (Å²) >= 11 is 0. The first-order chi connectivity index (χ1) is 13.2. The van der Waals surface area contributed by atoms with Crippen LogP contribution in [0.3, 0.4) is 0 Å². The molecular weight excluding hydrogens is 374 g/mol. The molecule has 0 aliphatic carbocycles. The minimum absolute atomic E-state index is 0.0258. The molecule has 8 nitrogen and oxygen atoms in total. The van der Waals surface area contributed by atoms with E-state index >= 15 is 0 Å². The van der Waals surface area contributed by atoms with Gasteiger partial charge < -0.3 is 20.7 Å². The van der Waals surface area contributed by atoms with E-state index in [2.05, 4.69) is 10.7 Å². The number of benzene rings is 1. The van der Waals surface area contributed by atoms with Crippen LogP contribution in [0.1, 0.15) is 40.3 Å².